The molecule has 1 aromatic heterocycles. The average molecular weight is 247 g/mol. The number of halogens is 1. The smallest absolute Gasteiger partial charge is 0.340 e. The number of pyridine rings is 1. The van der Waals surface area contributed by atoms with Gasteiger partial charge in [-0.15, -0.1) is 0 Å². The fraction of sp³-hybridized carbons (Fsp3) is 0.0769. The van der Waals surface area contributed by atoms with E-state index >= 15 is 0 Å². The van der Waals surface area contributed by atoms with E-state index in [1.807, 2.05) is 0 Å². The van der Waals surface area contributed by atoms with Crippen molar-refractivity contribution in [1.82, 2.24) is 4.98 Å². The fourth-order valence-electron chi connectivity index (χ4n) is 1.57. The molecule has 2 rings (SSSR count). The van der Waals surface area contributed by atoms with Crippen LogP contribution in [0.25, 0.3) is 11.3 Å². The minimum Gasteiger partial charge on any atom is -0.465 e. The maximum absolute atomic E-state index is 13.4. The van der Waals surface area contributed by atoms with Crippen LogP contribution in [0.4, 0.5) is 4.39 Å². The number of carbonyl (C=O) groups excluding carboxylic acids is 1. The lowest BCUT2D eigenvalue weighted by Gasteiger charge is -2.05. The summed E-state index contributed by atoms with van der Waals surface area (Å²) in [5.74, 6) is -1.42. The van der Waals surface area contributed by atoms with E-state index in [-0.39, 0.29) is 11.0 Å². The number of aromatic nitrogens is 1. The third-order valence-corrected chi connectivity index (χ3v) is 2.46. The Morgan fingerprint density at radius 2 is 2.06 bits per heavy atom. The van der Waals surface area contributed by atoms with Crippen LogP contribution in [0.2, 0.25) is 0 Å². The molecule has 0 aliphatic heterocycles. The van der Waals surface area contributed by atoms with Crippen molar-refractivity contribution in [3.8, 4) is 11.3 Å². The highest BCUT2D eigenvalue weighted by molar-refractivity contribution is 5.91. The van der Waals surface area contributed by atoms with Crippen LogP contribution in [-0.2, 0) is 4.74 Å². The summed E-state index contributed by atoms with van der Waals surface area (Å²) in [5.41, 5.74) is 0.703. The number of hydrogen-bond acceptors (Lipinski definition) is 3. The zero-order valence-electron chi connectivity index (χ0n) is 9.57. The van der Waals surface area contributed by atoms with Gasteiger partial charge in [0.05, 0.1) is 12.7 Å². The molecule has 1 aromatic carbocycles. The molecule has 0 amide bonds. The lowest BCUT2D eigenvalue weighted by molar-refractivity contribution is 0.0595. The van der Waals surface area contributed by atoms with Gasteiger partial charge in [-0.1, -0.05) is 0 Å². The molecule has 0 radical (unpaired) electrons. The van der Waals surface area contributed by atoms with Gasteiger partial charge in [0.25, 0.3) is 0 Å². The van der Waals surface area contributed by atoms with Gasteiger partial charge in [0.2, 0.25) is 0 Å². The maximum Gasteiger partial charge on any atom is 0.340 e. The lowest BCUT2D eigenvalue weighted by atomic mass is 10.1. The summed E-state index contributed by atoms with van der Waals surface area (Å²) in [5, 5.41) is 0. The van der Waals surface area contributed by atoms with Crippen LogP contribution in [0.5, 0.6) is 0 Å². The summed E-state index contributed by atoms with van der Waals surface area (Å²) >= 11 is 0. The minimum absolute atomic E-state index is 0.167. The Balaban J connectivity index is 2.53. The van der Waals surface area contributed by atoms with E-state index in [0.29, 0.717) is 11.3 Å². The van der Waals surface area contributed by atoms with Crippen LogP contribution in [0.1, 0.15) is 10.4 Å². The van der Waals surface area contributed by atoms with E-state index in [2.05, 4.69) is 9.72 Å². The normalized spacial score (nSPS) is 10.1. The first-order chi connectivity index (χ1) is 8.61. The average Bonchev–Trinajstić information content (AvgIpc) is 2.38. The molecule has 2 aromatic rings. The maximum atomic E-state index is 13.4. The van der Waals surface area contributed by atoms with Crippen LogP contribution < -0.4 is 5.43 Å². The Hall–Kier alpha value is -2.43. The number of benzene rings is 1. The molecule has 0 saturated carbocycles. The quantitative estimate of drug-likeness (QED) is 0.825. The van der Waals surface area contributed by atoms with Gasteiger partial charge in [-0.05, 0) is 23.8 Å². The molecule has 0 atom stereocenters. The van der Waals surface area contributed by atoms with E-state index in [1.165, 1.54) is 37.6 Å². The largest absolute Gasteiger partial charge is 0.465 e. The molecule has 0 aliphatic rings. The molecule has 18 heavy (non-hydrogen) atoms. The van der Waals surface area contributed by atoms with E-state index in [0.717, 1.165) is 6.07 Å². The van der Waals surface area contributed by atoms with E-state index in [1.54, 1.807) is 0 Å². The van der Waals surface area contributed by atoms with Gasteiger partial charge in [0.15, 0.2) is 5.43 Å². The number of esters is 1. The number of ether oxygens (including phenoxy) is 1. The first-order valence-electron chi connectivity index (χ1n) is 5.19. The van der Waals surface area contributed by atoms with E-state index < -0.39 is 11.8 Å². The molecule has 0 unspecified atom stereocenters. The molecule has 0 saturated heterocycles. The molecular weight excluding hydrogens is 237 g/mol. The Bertz CT molecular complexity index is 649. The van der Waals surface area contributed by atoms with Gasteiger partial charge in [-0.2, -0.15) is 0 Å². The summed E-state index contributed by atoms with van der Waals surface area (Å²) in [7, 11) is 1.18. The molecule has 1 N–H and O–H groups in total. The summed E-state index contributed by atoms with van der Waals surface area (Å²) in [6.45, 7) is 0. The number of nitrogens with one attached hydrogen (secondary N) is 1. The fourth-order valence-corrected chi connectivity index (χ4v) is 1.57. The lowest BCUT2D eigenvalue weighted by Crippen LogP contribution is -2.05. The molecule has 92 valence electrons. The standard InChI is InChI=1S/C13H10FNO3/c1-18-13(17)10-6-8(2-3-11(10)14)12-7-9(16)4-5-15-12/h2-7H,1H3,(H,15,16). The topological polar surface area (TPSA) is 59.2 Å². The zero-order valence-corrected chi connectivity index (χ0v) is 9.57. The number of H-pyrrole nitrogens is 1. The van der Waals surface area contributed by atoms with Crippen LogP contribution in [0.3, 0.4) is 0 Å². The number of hydrogen-bond donors (Lipinski definition) is 1. The number of methoxy groups -OCH3 is 1. The summed E-state index contributed by atoms with van der Waals surface area (Å²) in [6, 6.07) is 6.72. The highest BCUT2D eigenvalue weighted by atomic mass is 19.1. The second-order valence-electron chi connectivity index (χ2n) is 3.62. The molecule has 4 nitrogen and oxygen atoms in total. The summed E-state index contributed by atoms with van der Waals surface area (Å²) in [6.07, 6.45) is 1.48. The Morgan fingerprint density at radius 1 is 1.28 bits per heavy atom. The van der Waals surface area contributed by atoms with Crippen molar-refractivity contribution in [3.05, 3.63) is 58.1 Å². The minimum atomic E-state index is -0.757. The van der Waals surface area contributed by atoms with E-state index in [4.69, 9.17) is 0 Å². The van der Waals surface area contributed by atoms with Gasteiger partial charge < -0.3 is 9.72 Å². The number of rotatable bonds is 2. The molecule has 0 aliphatic carbocycles. The van der Waals surface area contributed by atoms with Gasteiger partial charge in [0, 0.05) is 24.0 Å². The second kappa shape index (κ2) is 4.83. The van der Waals surface area contributed by atoms with Crippen molar-refractivity contribution in [2.24, 2.45) is 0 Å². The van der Waals surface area contributed by atoms with Crippen molar-refractivity contribution in [1.29, 1.82) is 0 Å². The van der Waals surface area contributed by atoms with Gasteiger partial charge in [-0.3, -0.25) is 4.79 Å². The Kier molecular flexibility index (Phi) is 3.23. The van der Waals surface area contributed by atoms with Crippen LogP contribution >= 0.6 is 0 Å². The number of carbonyl (C=O) groups is 1. The first kappa shape index (κ1) is 12.0. The van der Waals surface area contributed by atoms with Gasteiger partial charge >= 0.3 is 5.97 Å². The molecule has 1 heterocycles. The molecule has 0 spiro atoms. The molecule has 0 bridgehead atoms. The highest BCUT2D eigenvalue weighted by Gasteiger charge is 2.13. The number of aromatic amines is 1. The molecular formula is C13H10FNO3. The Labute approximate surface area is 102 Å². The second-order valence-corrected chi connectivity index (χ2v) is 3.62. The van der Waals surface area contributed by atoms with Crippen molar-refractivity contribution >= 4 is 5.97 Å². The van der Waals surface area contributed by atoms with Crippen LogP contribution in [-0.4, -0.2) is 18.1 Å². The van der Waals surface area contributed by atoms with Gasteiger partial charge in [0.1, 0.15) is 5.82 Å². The van der Waals surface area contributed by atoms with Crippen LogP contribution in [0.15, 0.2) is 41.3 Å². The van der Waals surface area contributed by atoms with Gasteiger partial charge in [-0.25, -0.2) is 9.18 Å². The SMILES string of the molecule is COC(=O)c1cc(-c2cc(=O)cc[nH]2)ccc1F. The van der Waals surface area contributed by atoms with Crippen molar-refractivity contribution in [3.63, 3.8) is 0 Å². The zero-order chi connectivity index (χ0) is 13.1. The monoisotopic (exact) mass is 247 g/mol. The van der Waals surface area contributed by atoms with Crippen LogP contribution in [0, 0.1) is 5.82 Å². The van der Waals surface area contributed by atoms with Crippen molar-refractivity contribution < 1.29 is 13.9 Å². The van der Waals surface area contributed by atoms with E-state index in [9.17, 15) is 14.0 Å². The third-order valence-electron chi connectivity index (χ3n) is 2.46. The predicted octanol–water partition coefficient (Wildman–Crippen LogP) is 1.97. The van der Waals surface area contributed by atoms with Crippen molar-refractivity contribution in [2.45, 2.75) is 0 Å². The third kappa shape index (κ3) is 2.29. The molecule has 0 fully saturated rings. The highest BCUT2D eigenvalue weighted by Crippen LogP contribution is 2.19. The summed E-state index contributed by atoms with van der Waals surface area (Å²) in [4.78, 5) is 25.4. The molecule has 5 heteroatoms. The first-order valence-corrected chi connectivity index (χ1v) is 5.19. The Morgan fingerprint density at radius 3 is 2.72 bits per heavy atom. The van der Waals surface area contributed by atoms with Crippen molar-refractivity contribution in [2.75, 3.05) is 7.11 Å². The predicted molar refractivity (Wildman–Crippen MR) is 63.8 cm³/mol. The summed E-state index contributed by atoms with van der Waals surface area (Å²) < 4.78 is 17.9.